The monoisotopic (exact) mass is 256 g/mol. The molecule has 4 heteroatoms. The molecule has 0 saturated carbocycles. The summed E-state index contributed by atoms with van der Waals surface area (Å²) in [5.74, 6) is 3.26. The number of hydrogen-bond acceptors (Lipinski definition) is 4. The van der Waals surface area contributed by atoms with Gasteiger partial charge in [-0.3, -0.25) is 0 Å². The van der Waals surface area contributed by atoms with Crippen LogP contribution in [0.25, 0.3) is 0 Å². The van der Waals surface area contributed by atoms with E-state index in [1.807, 2.05) is 38.1 Å². The summed E-state index contributed by atoms with van der Waals surface area (Å²) in [4.78, 5) is 0. The molecule has 3 nitrogen and oxygen atoms in total. The molecule has 96 valence electrons. The minimum atomic E-state index is -0.606. The van der Waals surface area contributed by atoms with Crippen molar-refractivity contribution in [2.45, 2.75) is 19.4 Å². The van der Waals surface area contributed by atoms with Gasteiger partial charge in [0.25, 0.3) is 0 Å². The van der Waals surface area contributed by atoms with Gasteiger partial charge in [0.15, 0.2) is 0 Å². The van der Waals surface area contributed by atoms with Gasteiger partial charge in [-0.05, 0) is 38.1 Å². The third-order valence-corrected chi connectivity index (χ3v) is 3.38. The van der Waals surface area contributed by atoms with E-state index in [4.69, 9.17) is 9.47 Å². The first-order chi connectivity index (χ1) is 8.01. The minimum absolute atomic E-state index is 0.606. The van der Waals surface area contributed by atoms with Crippen LogP contribution in [0.2, 0.25) is 0 Å². The van der Waals surface area contributed by atoms with Gasteiger partial charge in [0, 0.05) is 11.5 Å². The molecular formula is C13H20O3S. The maximum absolute atomic E-state index is 9.52. The van der Waals surface area contributed by atoms with Crippen molar-refractivity contribution >= 4 is 11.8 Å². The number of hydrogen-bond donors (Lipinski definition) is 1. The third kappa shape index (κ3) is 6.44. The minimum Gasteiger partial charge on any atom is -0.497 e. The predicted molar refractivity (Wildman–Crippen MR) is 72.1 cm³/mol. The van der Waals surface area contributed by atoms with Gasteiger partial charge < -0.3 is 14.6 Å². The molecule has 0 aromatic heterocycles. The van der Waals surface area contributed by atoms with Crippen LogP contribution in [-0.4, -0.2) is 35.9 Å². The van der Waals surface area contributed by atoms with Gasteiger partial charge in [0.1, 0.15) is 11.5 Å². The van der Waals surface area contributed by atoms with E-state index in [1.165, 1.54) is 0 Å². The molecule has 0 unspecified atom stereocenters. The molecule has 0 fully saturated rings. The van der Waals surface area contributed by atoms with Crippen LogP contribution in [0.1, 0.15) is 13.8 Å². The number of benzene rings is 1. The molecule has 0 aliphatic carbocycles. The van der Waals surface area contributed by atoms with Crippen molar-refractivity contribution in [3.8, 4) is 11.5 Å². The summed E-state index contributed by atoms with van der Waals surface area (Å²) >= 11 is 1.69. The number of aliphatic hydroxyl groups is 1. The van der Waals surface area contributed by atoms with E-state index in [0.29, 0.717) is 6.61 Å². The van der Waals surface area contributed by atoms with Crippen LogP contribution in [0, 0.1) is 0 Å². The third-order valence-electron chi connectivity index (χ3n) is 2.01. The maximum atomic E-state index is 9.52. The van der Waals surface area contributed by atoms with E-state index in [-0.39, 0.29) is 0 Å². The lowest BCUT2D eigenvalue weighted by atomic mass is 10.2. The zero-order valence-corrected chi connectivity index (χ0v) is 11.4. The second kappa shape index (κ2) is 6.77. The van der Waals surface area contributed by atoms with Crippen molar-refractivity contribution in [3.05, 3.63) is 24.3 Å². The molecule has 0 aliphatic heterocycles. The van der Waals surface area contributed by atoms with Gasteiger partial charge in [0.2, 0.25) is 0 Å². The Morgan fingerprint density at radius 2 is 1.76 bits per heavy atom. The summed E-state index contributed by atoms with van der Waals surface area (Å²) in [5, 5.41) is 9.52. The van der Waals surface area contributed by atoms with Gasteiger partial charge in [-0.2, -0.15) is 11.8 Å². The first kappa shape index (κ1) is 14.2. The number of ether oxygens (including phenoxy) is 2. The fourth-order valence-electron chi connectivity index (χ4n) is 1.21. The summed E-state index contributed by atoms with van der Waals surface area (Å²) in [7, 11) is 1.64. The van der Waals surface area contributed by atoms with Crippen LogP contribution in [0.5, 0.6) is 11.5 Å². The molecule has 0 saturated heterocycles. The van der Waals surface area contributed by atoms with Crippen molar-refractivity contribution in [2.75, 3.05) is 25.2 Å². The van der Waals surface area contributed by atoms with E-state index in [2.05, 4.69) is 0 Å². The molecule has 1 N–H and O–H groups in total. The molecule has 0 amide bonds. The van der Waals surface area contributed by atoms with Crippen molar-refractivity contribution in [3.63, 3.8) is 0 Å². The fraction of sp³-hybridized carbons (Fsp3) is 0.538. The highest BCUT2D eigenvalue weighted by molar-refractivity contribution is 7.99. The summed E-state index contributed by atoms with van der Waals surface area (Å²) in [6.07, 6.45) is 0. The van der Waals surface area contributed by atoms with Gasteiger partial charge in [-0.1, -0.05) is 0 Å². The van der Waals surface area contributed by atoms with E-state index in [9.17, 15) is 5.11 Å². The van der Waals surface area contributed by atoms with Gasteiger partial charge in [-0.25, -0.2) is 0 Å². The number of thioether (sulfide) groups is 1. The van der Waals surface area contributed by atoms with Crippen LogP contribution in [0.15, 0.2) is 24.3 Å². The molecular weight excluding hydrogens is 236 g/mol. The van der Waals surface area contributed by atoms with E-state index >= 15 is 0 Å². The van der Waals surface area contributed by atoms with E-state index in [0.717, 1.165) is 23.0 Å². The average molecular weight is 256 g/mol. The molecule has 0 spiro atoms. The molecule has 0 atom stereocenters. The topological polar surface area (TPSA) is 38.7 Å². The molecule has 0 radical (unpaired) electrons. The summed E-state index contributed by atoms with van der Waals surface area (Å²) < 4.78 is 10.6. The summed E-state index contributed by atoms with van der Waals surface area (Å²) in [6, 6.07) is 7.53. The smallest absolute Gasteiger partial charge is 0.119 e. The highest BCUT2D eigenvalue weighted by Gasteiger charge is 2.11. The zero-order chi connectivity index (χ0) is 12.7. The van der Waals surface area contributed by atoms with E-state index < -0.39 is 5.60 Å². The second-order valence-corrected chi connectivity index (χ2v) is 5.49. The average Bonchev–Trinajstić information content (AvgIpc) is 2.28. The molecule has 1 aromatic carbocycles. The summed E-state index contributed by atoms with van der Waals surface area (Å²) in [5.41, 5.74) is -0.606. The van der Waals surface area contributed by atoms with Crippen molar-refractivity contribution in [1.82, 2.24) is 0 Å². The SMILES string of the molecule is COc1ccc(OCCSCC(C)(C)O)cc1. The Hall–Kier alpha value is -0.870. The molecule has 0 aliphatic rings. The molecule has 0 bridgehead atoms. The van der Waals surface area contributed by atoms with Crippen molar-refractivity contribution in [2.24, 2.45) is 0 Å². The van der Waals surface area contributed by atoms with Crippen LogP contribution < -0.4 is 9.47 Å². The Bertz CT molecular complexity index is 316. The van der Waals surface area contributed by atoms with Gasteiger partial charge >= 0.3 is 0 Å². The number of methoxy groups -OCH3 is 1. The molecule has 1 aromatic rings. The largest absolute Gasteiger partial charge is 0.497 e. The lowest BCUT2D eigenvalue weighted by molar-refractivity contribution is 0.107. The molecule has 1 rings (SSSR count). The molecule has 0 heterocycles. The van der Waals surface area contributed by atoms with Crippen LogP contribution in [-0.2, 0) is 0 Å². The molecule has 17 heavy (non-hydrogen) atoms. The van der Waals surface area contributed by atoms with Crippen LogP contribution in [0.3, 0.4) is 0 Å². The van der Waals surface area contributed by atoms with Crippen LogP contribution in [0.4, 0.5) is 0 Å². The summed E-state index contributed by atoms with van der Waals surface area (Å²) in [6.45, 7) is 4.27. The highest BCUT2D eigenvalue weighted by Crippen LogP contribution is 2.17. The Morgan fingerprint density at radius 3 is 2.29 bits per heavy atom. The first-order valence-electron chi connectivity index (χ1n) is 5.58. The Kier molecular flexibility index (Phi) is 5.65. The van der Waals surface area contributed by atoms with Gasteiger partial charge in [0.05, 0.1) is 19.3 Å². The lowest BCUT2D eigenvalue weighted by Crippen LogP contribution is -2.22. The van der Waals surface area contributed by atoms with Crippen LogP contribution >= 0.6 is 11.8 Å². The Morgan fingerprint density at radius 1 is 1.18 bits per heavy atom. The highest BCUT2D eigenvalue weighted by atomic mass is 32.2. The lowest BCUT2D eigenvalue weighted by Gasteiger charge is -2.16. The maximum Gasteiger partial charge on any atom is 0.119 e. The second-order valence-electron chi connectivity index (χ2n) is 4.39. The Labute approximate surface area is 107 Å². The normalized spacial score (nSPS) is 11.3. The number of rotatable bonds is 7. The predicted octanol–water partition coefficient (Wildman–Crippen LogP) is 2.58. The van der Waals surface area contributed by atoms with Gasteiger partial charge in [-0.15, -0.1) is 0 Å². The first-order valence-corrected chi connectivity index (χ1v) is 6.74. The van der Waals surface area contributed by atoms with Crippen molar-refractivity contribution in [1.29, 1.82) is 0 Å². The van der Waals surface area contributed by atoms with E-state index in [1.54, 1.807) is 18.9 Å². The Balaban J connectivity index is 2.18. The fourth-order valence-corrected chi connectivity index (χ4v) is 2.06. The quantitative estimate of drug-likeness (QED) is 0.761. The van der Waals surface area contributed by atoms with Crippen molar-refractivity contribution < 1.29 is 14.6 Å². The zero-order valence-electron chi connectivity index (χ0n) is 10.6. The standard InChI is InChI=1S/C13H20O3S/c1-13(2,14)10-17-9-8-16-12-6-4-11(15-3)5-7-12/h4-7,14H,8-10H2,1-3H3.